The molecule has 6 nitrogen and oxygen atoms in total. The van der Waals surface area contributed by atoms with Crippen LogP contribution >= 0.6 is 0 Å². The number of nitro benzene ring substituents is 1. The molecule has 0 saturated carbocycles. The maximum atomic E-state index is 11.9. The van der Waals surface area contributed by atoms with Gasteiger partial charge >= 0.3 is 0 Å². The number of nitrogens with zero attached hydrogens (tertiary/aromatic N) is 1. The fraction of sp³-hybridized carbons (Fsp3) is 0.462. The number of carbonyl (C=O) groups excluding carboxylic acids is 1. The fourth-order valence-electron chi connectivity index (χ4n) is 2.28. The Labute approximate surface area is 111 Å². The highest BCUT2D eigenvalue weighted by molar-refractivity contribution is 6.06. The second kappa shape index (κ2) is 3.77. The van der Waals surface area contributed by atoms with Crippen molar-refractivity contribution in [2.45, 2.75) is 38.6 Å². The smallest absolute Gasteiger partial charge is 0.276 e. The Balaban J connectivity index is 2.74. The Morgan fingerprint density at radius 1 is 1.37 bits per heavy atom. The Morgan fingerprint density at radius 3 is 2.42 bits per heavy atom. The average Bonchev–Trinajstić information content (AvgIpc) is 2.47. The highest BCUT2D eigenvalue weighted by Crippen LogP contribution is 2.42. The predicted molar refractivity (Wildman–Crippen MR) is 72.0 cm³/mol. The number of hydrogen-bond acceptors (Lipinski definition) is 4. The zero-order chi connectivity index (χ0) is 14.6. The minimum absolute atomic E-state index is 0.0655. The van der Waals surface area contributed by atoms with Crippen molar-refractivity contribution in [3.63, 3.8) is 0 Å². The summed E-state index contributed by atoms with van der Waals surface area (Å²) in [5.74, 6) is -0.163. The maximum Gasteiger partial charge on any atom is 0.276 e. The predicted octanol–water partition coefficient (Wildman–Crippen LogP) is 2.02. The van der Waals surface area contributed by atoms with Crippen LogP contribution in [0.25, 0.3) is 0 Å². The molecule has 1 amide bonds. The Kier molecular flexibility index (Phi) is 2.68. The third-order valence-corrected chi connectivity index (χ3v) is 3.52. The Hall–Kier alpha value is -1.95. The molecule has 1 aliphatic rings. The van der Waals surface area contributed by atoms with Crippen LogP contribution in [0.4, 0.5) is 11.4 Å². The van der Waals surface area contributed by atoms with Gasteiger partial charge in [-0.1, -0.05) is 0 Å². The van der Waals surface area contributed by atoms with Gasteiger partial charge in [0.05, 0.1) is 16.0 Å². The van der Waals surface area contributed by atoms with Gasteiger partial charge in [-0.2, -0.15) is 0 Å². The number of benzene rings is 1. The second-order valence-electron chi connectivity index (χ2n) is 5.97. The SMILES string of the molecule is CC(C)(N)c1cc2c(cc1[N+](=O)[O-])NC(=O)C2(C)C. The summed E-state index contributed by atoms with van der Waals surface area (Å²) < 4.78 is 0. The Morgan fingerprint density at radius 2 is 1.95 bits per heavy atom. The number of nitrogens with one attached hydrogen (secondary N) is 1. The molecule has 1 aromatic rings. The van der Waals surface area contributed by atoms with Crippen LogP contribution in [0.15, 0.2) is 12.1 Å². The van der Waals surface area contributed by atoms with Crippen LogP contribution < -0.4 is 11.1 Å². The van der Waals surface area contributed by atoms with Crippen molar-refractivity contribution in [3.05, 3.63) is 33.4 Å². The monoisotopic (exact) mass is 263 g/mol. The lowest BCUT2D eigenvalue weighted by Crippen LogP contribution is -2.31. The first kappa shape index (κ1) is 13.5. The van der Waals surface area contributed by atoms with Crippen LogP contribution in [0, 0.1) is 10.1 Å². The Bertz CT molecular complexity index is 586. The summed E-state index contributed by atoms with van der Waals surface area (Å²) in [6.07, 6.45) is 0. The lowest BCUT2D eigenvalue weighted by molar-refractivity contribution is -0.386. The minimum atomic E-state index is -0.848. The standard InChI is InChI=1S/C13H17N3O3/c1-12(2)7-5-8(13(3,4)14)10(16(18)19)6-9(7)15-11(12)17/h5-6H,14H2,1-4H3,(H,15,17). The molecule has 6 heteroatoms. The summed E-state index contributed by atoms with van der Waals surface area (Å²) in [4.78, 5) is 22.6. The third-order valence-electron chi connectivity index (χ3n) is 3.52. The van der Waals surface area contributed by atoms with E-state index in [1.165, 1.54) is 6.07 Å². The summed E-state index contributed by atoms with van der Waals surface area (Å²) in [5, 5.41) is 13.8. The number of nitrogens with two attached hydrogens (primary N) is 1. The van der Waals surface area contributed by atoms with E-state index >= 15 is 0 Å². The number of amides is 1. The molecule has 1 aromatic carbocycles. The zero-order valence-electron chi connectivity index (χ0n) is 11.4. The van der Waals surface area contributed by atoms with Gasteiger partial charge in [0.1, 0.15) is 0 Å². The van der Waals surface area contributed by atoms with Crippen molar-refractivity contribution in [1.29, 1.82) is 0 Å². The molecule has 0 spiro atoms. The zero-order valence-corrected chi connectivity index (χ0v) is 11.4. The molecule has 2 rings (SSSR count). The molecule has 0 fully saturated rings. The first-order chi connectivity index (χ1) is 8.55. The summed E-state index contributed by atoms with van der Waals surface area (Å²) in [7, 11) is 0. The van der Waals surface area contributed by atoms with Gasteiger partial charge in [0, 0.05) is 17.2 Å². The van der Waals surface area contributed by atoms with Gasteiger partial charge in [-0.15, -0.1) is 0 Å². The van der Waals surface area contributed by atoms with Gasteiger partial charge in [-0.05, 0) is 39.3 Å². The molecule has 0 unspecified atom stereocenters. The molecule has 0 bridgehead atoms. The lowest BCUT2D eigenvalue weighted by atomic mass is 9.82. The van der Waals surface area contributed by atoms with Crippen LogP contribution in [-0.2, 0) is 15.7 Å². The van der Waals surface area contributed by atoms with E-state index in [-0.39, 0.29) is 11.6 Å². The van der Waals surface area contributed by atoms with Crippen LogP contribution in [0.5, 0.6) is 0 Å². The highest BCUT2D eigenvalue weighted by Gasteiger charge is 2.41. The van der Waals surface area contributed by atoms with Crippen molar-refractivity contribution in [3.8, 4) is 0 Å². The van der Waals surface area contributed by atoms with Gasteiger partial charge in [-0.3, -0.25) is 14.9 Å². The number of hydrogen-bond donors (Lipinski definition) is 2. The molecule has 1 aliphatic heterocycles. The molecule has 0 radical (unpaired) electrons. The summed E-state index contributed by atoms with van der Waals surface area (Å²) >= 11 is 0. The first-order valence-corrected chi connectivity index (χ1v) is 5.99. The van der Waals surface area contributed by atoms with Crippen molar-refractivity contribution >= 4 is 17.3 Å². The van der Waals surface area contributed by atoms with Gasteiger partial charge in [0.25, 0.3) is 5.69 Å². The van der Waals surface area contributed by atoms with E-state index in [2.05, 4.69) is 5.32 Å². The van der Waals surface area contributed by atoms with Gasteiger partial charge in [0.2, 0.25) is 5.91 Å². The fourth-order valence-corrected chi connectivity index (χ4v) is 2.28. The lowest BCUT2D eigenvalue weighted by Gasteiger charge is -2.22. The normalized spacial score (nSPS) is 17.0. The number of anilines is 1. The summed E-state index contributed by atoms with van der Waals surface area (Å²) in [6.45, 7) is 6.98. The molecule has 1 heterocycles. The molecular formula is C13H17N3O3. The molecule has 102 valence electrons. The van der Waals surface area contributed by atoms with E-state index in [0.717, 1.165) is 5.56 Å². The second-order valence-corrected chi connectivity index (χ2v) is 5.97. The minimum Gasteiger partial charge on any atom is -0.325 e. The quantitative estimate of drug-likeness (QED) is 0.630. The van der Waals surface area contributed by atoms with E-state index < -0.39 is 15.9 Å². The van der Waals surface area contributed by atoms with E-state index in [0.29, 0.717) is 11.3 Å². The third kappa shape index (κ3) is 1.98. The van der Waals surface area contributed by atoms with Crippen molar-refractivity contribution < 1.29 is 9.72 Å². The number of fused-ring (bicyclic) bond motifs is 1. The molecule has 19 heavy (non-hydrogen) atoms. The number of rotatable bonds is 2. The maximum absolute atomic E-state index is 11.9. The van der Waals surface area contributed by atoms with E-state index in [1.54, 1.807) is 33.8 Å². The van der Waals surface area contributed by atoms with Crippen LogP contribution in [0.3, 0.4) is 0 Å². The van der Waals surface area contributed by atoms with Crippen LogP contribution in [0.2, 0.25) is 0 Å². The molecule has 0 saturated heterocycles. The molecular weight excluding hydrogens is 246 g/mol. The van der Waals surface area contributed by atoms with Crippen LogP contribution in [0.1, 0.15) is 38.8 Å². The van der Waals surface area contributed by atoms with Crippen molar-refractivity contribution in [1.82, 2.24) is 0 Å². The molecule has 3 N–H and O–H groups in total. The average molecular weight is 263 g/mol. The molecule has 0 aliphatic carbocycles. The number of carbonyl (C=O) groups is 1. The van der Waals surface area contributed by atoms with Crippen molar-refractivity contribution in [2.75, 3.05) is 5.32 Å². The van der Waals surface area contributed by atoms with E-state index in [1.807, 2.05) is 0 Å². The summed E-state index contributed by atoms with van der Waals surface area (Å²) in [5.41, 5.74) is 6.06. The topological polar surface area (TPSA) is 98.3 Å². The van der Waals surface area contributed by atoms with Gasteiger partial charge < -0.3 is 11.1 Å². The van der Waals surface area contributed by atoms with E-state index in [4.69, 9.17) is 5.73 Å². The van der Waals surface area contributed by atoms with Gasteiger partial charge in [0.15, 0.2) is 0 Å². The molecule has 0 aromatic heterocycles. The highest BCUT2D eigenvalue weighted by atomic mass is 16.6. The molecule has 0 atom stereocenters. The van der Waals surface area contributed by atoms with Crippen molar-refractivity contribution in [2.24, 2.45) is 5.73 Å². The van der Waals surface area contributed by atoms with Gasteiger partial charge in [-0.25, -0.2) is 0 Å². The van der Waals surface area contributed by atoms with E-state index in [9.17, 15) is 14.9 Å². The number of nitro groups is 1. The largest absolute Gasteiger partial charge is 0.325 e. The van der Waals surface area contributed by atoms with Crippen LogP contribution in [-0.4, -0.2) is 10.8 Å². The first-order valence-electron chi connectivity index (χ1n) is 5.99. The summed E-state index contributed by atoms with van der Waals surface area (Å²) in [6, 6.07) is 3.07.